The largest absolute Gasteiger partial charge is 0.378 e. The molecule has 1 fully saturated rings. The standard InChI is InChI=1S/C10H15N5O2/c11-6-7-2-1-5-14(7)9-4-3-8(15(16)17)10(12)13-9/h3-4,7H,1-2,5-6,11H2,(H2,12,13). The number of anilines is 2. The molecule has 1 saturated heterocycles. The fraction of sp³-hybridized carbons (Fsp3) is 0.500. The van der Waals surface area contributed by atoms with Gasteiger partial charge < -0.3 is 16.4 Å². The number of hydrogen-bond acceptors (Lipinski definition) is 6. The van der Waals surface area contributed by atoms with Crippen molar-refractivity contribution in [3.8, 4) is 0 Å². The molecule has 0 saturated carbocycles. The van der Waals surface area contributed by atoms with Crippen LogP contribution >= 0.6 is 0 Å². The average Bonchev–Trinajstić information content (AvgIpc) is 2.76. The second kappa shape index (κ2) is 4.54. The van der Waals surface area contributed by atoms with Crippen molar-refractivity contribution < 1.29 is 4.92 Å². The first kappa shape index (κ1) is 11.6. The summed E-state index contributed by atoms with van der Waals surface area (Å²) in [5.41, 5.74) is 11.1. The van der Waals surface area contributed by atoms with Crippen molar-refractivity contribution in [2.75, 3.05) is 23.7 Å². The van der Waals surface area contributed by atoms with E-state index in [1.807, 2.05) is 0 Å². The molecule has 0 spiro atoms. The number of nitrogens with zero attached hydrogens (tertiary/aromatic N) is 3. The Hall–Kier alpha value is -1.89. The van der Waals surface area contributed by atoms with E-state index in [-0.39, 0.29) is 17.5 Å². The minimum Gasteiger partial charge on any atom is -0.378 e. The van der Waals surface area contributed by atoms with E-state index >= 15 is 0 Å². The van der Waals surface area contributed by atoms with Gasteiger partial charge in [0.2, 0.25) is 5.82 Å². The molecule has 1 aromatic rings. The average molecular weight is 237 g/mol. The zero-order chi connectivity index (χ0) is 12.4. The maximum absolute atomic E-state index is 10.6. The molecule has 1 aromatic heterocycles. The maximum Gasteiger partial charge on any atom is 0.311 e. The van der Waals surface area contributed by atoms with E-state index in [1.165, 1.54) is 6.07 Å². The van der Waals surface area contributed by atoms with Crippen molar-refractivity contribution in [2.24, 2.45) is 5.73 Å². The minimum absolute atomic E-state index is 0.0461. The quantitative estimate of drug-likeness (QED) is 0.585. The molecule has 17 heavy (non-hydrogen) atoms. The molecule has 7 nitrogen and oxygen atoms in total. The van der Waals surface area contributed by atoms with Crippen molar-refractivity contribution in [1.29, 1.82) is 0 Å². The Morgan fingerprint density at radius 1 is 1.59 bits per heavy atom. The Morgan fingerprint density at radius 3 is 2.94 bits per heavy atom. The van der Waals surface area contributed by atoms with Gasteiger partial charge >= 0.3 is 5.69 Å². The first-order valence-electron chi connectivity index (χ1n) is 5.51. The van der Waals surface area contributed by atoms with Gasteiger partial charge in [0.15, 0.2) is 0 Å². The van der Waals surface area contributed by atoms with Gasteiger partial charge in [-0.25, -0.2) is 4.98 Å². The highest BCUT2D eigenvalue weighted by Gasteiger charge is 2.25. The van der Waals surface area contributed by atoms with E-state index < -0.39 is 4.92 Å². The van der Waals surface area contributed by atoms with Gasteiger partial charge in [0.25, 0.3) is 0 Å². The third kappa shape index (κ3) is 2.14. The van der Waals surface area contributed by atoms with Gasteiger partial charge in [0.05, 0.1) is 4.92 Å². The van der Waals surface area contributed by atoms with Crippen molar-refractivity contribution in [3.63, 3.8) is 0 Å². The van der Waals surface area contributed by atoms with Gasteiger partial charge in [0, 0.05) is 25.2 Å². The van der Waals surface area contributed by atoms with Crippen LogP contribution in [0.1, 0.15) is 12.8 Å². The van der Waals surface area contributed by atoms with E-state index in [1.54, 1.807) is 6.07 Å². The number of nitrogen functional groups attached to an aromatic ring is 1. The Balaban J connectivity index is 2.28. The van der Waals surface area contributed by atoms with Gasteiger partial charge in [0.1, 0.15) is 5.82 Å². The third-order valence-electron chi connectivity index (χ3n) is 3.03. The molecule has 0 amide bonds. The highest BCUT2D eigenvalue weighted by Crippen LogP contribution is 2.27. The number of pyridine rings is 1. The van der Waals surface area contributed by atoms with Crippen LogP contribution in [0.4, 0.5) is 17.3 Å². The molecule has 0 radical (unpaired) electrons. The molecule has 2 heterocycles. The van der Waals surface area contributed by atoms with Crippen LogP contribution in [0.3, 0.4) is 0 Å². The molecule has 1 unspecified atom stereocenters. The Bertz CT molecular complexity index is 437. The van der Waals surface area contributed by atoms with Crippen LogP contribution < -0.4 is 16.4 Å². The summed E-state index contributed by atoms with van der Waals surface area (Å²) in [5.74, 6) is 0.622. The number of nitro groups is 1. The van der Waals surface area contributed by atoms with Gasteiger partial charge in [-0.3, -0.25) is 10.1 Å². The van der Waals surface area contributed by atoms with E-state index in [9.17, 15) is 10.1 Å². The first-order chi connectivity index (χ1) is 8.13. The lowest BCUT2D eigenvalue weighted by atomic mass is 10.2. The normalized spacial score (nSPS) is 19.6. The van der Waals surface area contributed by atoms with Gasteiger partial charge in [-0.2, -0.15) is 0 Å². The van der Waals surface area contributed by atoms with Crippen LogP contribution in [0.25, 0.3) is 0 Å². The molecule has 1 aliphatic rings. The molecule has 92 valence electrons. The molecule has 0 bridgehead atoms. The van der Waals surface area contributed by atoms with Gasteiger partial charge in [-0.15, -0.1) is 0 Å². The second-order valence-corrected chi connectivity index (χ2v) is 4.06. The van der Waals surface area contributed by atoms with Crippen LogP contribution in [0.5, 0.6) is 0 Å². The summed E-state index contributed by atoms with van der Waals surface area (Å²) in [4.78, 5) is 16.2. The molecule has 0 aromatic carbocycles. The van der Waals surface area contributed by atoms with Crippen LogP contribution in [0.15, 0.2) is 12.1 Å². The summed E-state index contributed by atoms with van der Waals surface area (Å²) >= 11 is 0. The highest BCUT2D eigenvalue weighted by molar-refractivity contribution is 5.58. The van der Waals surface area contributed by atoms with Crippen LogP contribution in [0, 0.1) is 10.1 Å². The summed E-state index contributed by atoms with van der Waals surface area (Å²) in [6.45, 7) is 1.42. The lowest BCUT2D eigenvalue weighted by Crippen LogP contribution is -2.35. The fourth-order valence-electron chi connectivity index (χ4n) is 2.15. The smallest absolute Gasteiger partial charge is 0.311 e. The molecular weight excluding hydrogens is 222 g/mol. The summed E-state index contributed by atoms with van der Waals surface area (Å²) < 4.78 is 0. The van der Waals surface area contributed by atoms with Gasteiger partial charge in [-0.1, -0.05) is 0 Å². The molecule has 1 aliphatic heterocycles. The van der Waals surface area contributed by atoms with E-state index in [0.717, 1.165) is 19.4 Å². The highest BCUT2D eigenvalue weighted by atomic mass is 16.6. The van der Waals surface area contributed by atoms with Crippen molar-refractivity contribution in [1.82, 2.24) is 4.98 Å². The van der Waals surface area contributed by atoms with Crippen LogP contribution in [-0.4, -0.2) is 29.0 Å². The first-order valence-corrected chi connectivity index (χ1v) is 5.51. The Labute approximate surface area is 98.6 Å². The van der Waals surface area contributed by atoms with Crippen molar-refractivity contribution in [3.05, 3.63) is 22.2 Å². The van der Waals surface area contributed by atoms with E-state index in [0.29, 0.717) is 12.4 Å². The summed E-state index contributed by atoms with van der Waals surface area (Å²) in [6.07, 6.45) is 2.08. The number of rotatable bonds is 3. The van der Waals surface area contributed by atoms with E-state index in [4.69, 9.17) is 11.5 Å². The van der Waals surface area contributed by atoms with Crippen LogP contribution in [-0.2, 0) is 0 Å². The maximum atomic E-state index is 10.6. The summed E-state index contributed by atoms with van der Waals surface area (Å²) in [5, 5.41) is 10.6. The fourth-order valence-corrected chi connectivity index (χ4v) is 2.15. The Kier molecular flexibility index (Phi) is 3.10. The number of aromatic nitrogens is 1. The van der Waals surface area contributed by atoms with Crippen molar-refractivity contribution >= 4 is 17.3 Å². The number of hydrogen-bond donors (Lipinski definition) is 2. The molecule has 4 N–H and O–H groups in total. The van der Waals surface area contributed by atoms with Crippen LogP contribution in [0.2, 0.25) is 0 Å². The SMILES string of the molecule is NCC1CCCN1c1ccc([N+](=O)[O-])c(N)n1. The lowest BCUT2D eigenvalue weighted by Gasteiger charge is -2.24. The zero-order valence-corrected chi connectivity index (χ0v) is 9.37. The molecule has 1 atom stereocenters. The third-order valence-corrected chi connectivity index (χ3v) is 3.03. The molecule has 0 aliphatic carbocycles. The predicted molar refractivity (Wildman–Crippen MR) is 64.7 cm³/mol. The zero-order valence-electron chi connectivity index (χ0n) is 9.37. The Morgan fingerprint density at radius 2 is 2.35 bits per heavy atom. The monoisotopic (exact) mass is 237 g/mol. The summed E-state index contributed by atoms with van der Waals surface area (Å²) in [6, 6.07) is 3.27. The molecule has 2 rings (SSSR count). The van der Waals surface area contributed by atoms with Crippen molar-refractivity contribution in [2.45, 2.75) is 18.9 Å². The molecular formula is C10H15N5O2. The topological polar surface area (TPSA) is 111 Å². The summed E-state index contributed by atoms with van der Waals surface area (Å²) in [7, 11) is 0. The lowest BCUT2D eigenvalue weighted by molar-refractivity contribution is -0.384. The second-order valence-electron chi connectivity index (χ2n) is 4.06. The van der Waals surface area contributed by atoms with E-state index in [2.05, 4.69) is 9.88 Å². The van der Waals surface area contributed by atoms with Gasteiger partial charge in [-0.05, 0) is 18.9 Å². The molecule has 7 heteroatoms. The number of nitrogens with two attached hydrogens (primary N) is 2. The predicted octanol–water partition coefficient (Wildman–Crippen LogP) is 0.499. The minimum atomic E-state index is -0.531.